The van der Waals surface area contributed by atoms with E-state index in [-0.39, 0.29) is 18.0 Å². The molecule has 0 unspecified atom stereocenters. The van der Waals surface area contributed by atoms with Crippen LogP contribution in [0.15, 0.2) is 29.4 Å². The van der Waals surface area contributed by atoms with Crippen molar-refractivity contribution in [3.63, 3.8) is 0 Å². The highest BCUT2D eigenvalue weighted by Gasteiger charge is 2.13. The number of nitrogens with zero attached hydrogens (tertiary/aromatic N) is 4. The third-order valence-electron chi connectivity index (χ3n) is 1.96. The zero-order valence-corrected chi connectivity index (χ0v) is 9.11. The summed E-state index contributed by atoms with van der Waals surface area (Å²) in [7, 11) is 1.37. The number of azide groups is 1. The second kappa shape index (κ2) is 6.14. The minimum atomic E-state index is -0.510. The molecule has 0 saturated carbocycles. The van der Waals surface area contributed by atoms with Gasteiger partial charge < -0.3 is 4.74 Å². The van der Waals surface area contributed by atoms with Gasteiger partial charge in [-0.15, -0.1) is 0 Å². The predicted octanol–water partition coefficient (Wildman–Crippen LogP) is 2.93. The second-order valence-corrected chi connectivity index (χ2v) is 3.00. The van der Waals surface area contributed by atoms with Gasteiger partial charge in [0.15, 0.2) is 5.75 Å². The van der Waals surface area contributed by atoms with Crippen molar-refractivity contribution in [1.29, 1.82) is 0 Å². The number of benzene rings is 1. The van der Waals surface area contributed by atoms with Gasteiger partial charge in [-0.2, -0.15) is 0 Å². The lowest BCUT2D eigenvalue weighted by Gasteiger charge is -2.01. The lowest BCUT2D eigenvalue weighted by molar-refractivity contribution is -0.385. The van der Waals surface area contributed by atoms with E-state index in [1.165, 1.54) is 19.2 Å². The molecule has 0 saturated heterocycles. The summed E-state index contributed by atoms with van der Waals surface area (Å²) in [4.78, 5) is 12.8. The molecule has 0 aliphatic carbocycles. The Kier molecular flexibility index (Phi) is 4.53. The lowest BCUT2D eigenvalue weighted by Crippen LogP contribution is -1.93. The average molecular weight is 234 g/mol. The maximum Gasteiger partial charge on any atom is 0.311 e. The molecule has 0 aliphatic rings. The van der Waals surface area contributed by atoms with E-state index in [0.29, 0.717) is 5.56 Å². The normalized spacial score (nSPS) is 9.94. The van der Waals surface area contributed by atoms with Crippen molar-refractivity contribution >= 4 is 11.8 Å². The highest BCUT2D eigenvalue weighted by Crippen LogP contribution is 2.27. The lowest BCUT2D eigenvalue weighted by atomic mass is 10.1. The summed E-state index contributed by atoms with van der Waals surface area (Å²) >= 11 is 0. The molecule has 1 aromatic carbocycles. The average Bonchev–Trinajstić information content (AvgIpc) is 2.34. The van der Waals surface area contributed by atoms with Crippen LogP contribution in [-0.4, -0.2) is 18.6 Å². The van der Waals surface area contributed by atoms with Crippen molar-refractivity contribution in [1.82, 2.24) is 0 Å². The van der Waals surface area contributed by atoms with E-state index < -0.39 is 4.92 Å². The Morgan fingerprint density at radius 1 is 1.65 bits per heavy atom. The Bertz CT molecular complexity index is 492. The van der Waals surface area contributed by atoms with Crippen LogP contribution in [0.4, 0.5) is 5.69 Å². The van der Waals surface area contributed by atoms with Crippen LogP contribution in [-0.2, 0) is 0 Å². The van der Waals surface area contributed by atoms with E-state index in [9.17, 15) is 10.1 Å². The van der Waals surface area contributed by atoms with Crippen molar-refractivity contribution < 1.29 is 9.66 Å². The van der Waals surface area contributed by atoms with E-state index >= 15 is 0 Å². The topological polar surface area (TPSA) is 101 Å². The van der Waals surface area contributed by atoms with Crippen LogP contribution in [0.25, 0.3) is 16.5 Å². The van der Waals surface area contributed by atoms with Gasteiger partial charge in [-0.3, -0.25) is 10.1 Å². The summed E-state index contributed by atoms with van der Waals surface area (Å²) in [6.07, 6.45) is 3.26. The van der Waals surface area contributed by atoms with Crippen LogP contribution in [0.1, 0.15) is 5.56 Å². The van der Waals surface area contributed by atoms with Gasteiger partial charge in [-0.1, -0.05) is 23.3 Å². The van der Waals surface area contributed by atoms with E-state index in [4.69, 9.17) is 10.3 Å². The minimum Gasteiger partial charge on any atom is -0.490 e. The second-order valence-electron chi connectivity index (χ2n) is 3.00. The van der Waals surface area contributed by atoms with E-state index in [1.54, 1.807) is 18.2 Å². The summed E-state index contributed by atoms with van der Waals surface area (Å²) in [5, 5.41) is 14.1. The van der Waals surface area contributed by atoms with E-state index in [0.717, 1.165) is 0 Å². The Morgan fingerprint density at radius 3 is 3.00 bits per heavy atom. The number of hydrogen-bond donors (Lipinski definition) is 0. The van der Waals surface area contributed by atoms with Gasteiger partial charge in [0, 0.05) is 17.5 Å². The van der Waals surface area contributed by atoms with Crippen LogP contribution in [0.5, 0.6) is 5.75 Å². The third-order valence-corrected chi connectivity index (χ3v) is 1.96. The largest absolute Gasteiger partial charge is 0.490 e. The smallest absolute Gasteiger partial charge is 0.311 e. The highest BCUT2D eigenvalue weighted by atomic mass is 16.6. The molecular formula is C10H10N4O3. The maximum absolute atomic E-state index is 10.7. The summed E-state index contributed by atoms with van der Waals surface area (Å²) in [5.74, 6) is 0.210. The molecule has 0 fully saturated rings. The first kappa shape index (κ1) is 12.5. The van der Waals surface area contributed by atoms with Crippen molar-refractivity contribution in [2.24, 2.45) is 5.11 Å². The molecule has 88 valence electrons. The van der Waals surface area contributed by atoms with Gasteiger partial charge >= 0.3 is 5.69 Å². The van der Waals surface area contributed by atoms with Gasteiger partial charge in [-0.05, 0) is 17.2 Å². The zero-order valence-electron chi connectivity index (χ0n) is 9.11. The molecule has 1 rings (SSSR count). The van der Waals surface area contributed by atoms with Crippen molar-refractivity contribution in [3.05, 3.63) is 50.4 Å². The van der Waals surface area contributed by atoms with Gasteiger partial charge in [0.05, 0.1) is 12.0 Å². The first-order chi connectivity index (χ1) is 8.19. The Morgan fingerprint density at radius 2 is 2.41 bits per heavy atom. The SMILES string of the molecule is COc1ccc(C=CCN=[N+]=[N-])cc1[N+](=O)[O-]. The van der Waals surface area contributed by atoms with Crippen LogP contribution >= 0.6 is 0 Å². The zero-order chi connectivity index (χ0) is 12.7. The molecule has 0 amide bonds. The minimum absolute atomic E-state index is 0.0987. The van der Waals surface area contributed by atoms with Gasteiger partial charge in [0.25, 0.3) is 0 Å². The summed E-state index contributed by atoms with van der Waals surface area (Å²) in [6.45, 7) is 0.205. The summed E-state index contributed by atoms with van der Waals surface area (Å²) in [5.41, 5.74) is 8.61. The number of hydrogen-bond acceptors (Lipinski definition) is 4. The monoisotopic (exact) mass is 234 g/mol. The van der Waals surface area contributed by atoms with E-state index in [2.05, 4.69) is 10.0 Å². The molecule has 1 aromatic rings. The first-order valence-electron chi connectivity index (χ1n) is 4.69. The molecule has 7 heteroatoms. The molecule has 0 aromatic heterocycles. The van der Waals surface area contributed by atoms with E-state index in [1.807, 2.05) is 0 Å². The summed E-state index contributed by atoms with van der Waals surface area (Å²) < 4.78 is 4.87. The summed E-state index contributed by atoms with van der Waals surface area (Å²) in [6, 6.07) is 4.59. The van der Waals surface area contributed by atoms with Crippen molar-refractivity contribution in [2.75, 3.05) is 13.7 Å². The van der Waals surface area contributed by atoms with Gasteiger partial charge in [0.2, 0.25) is 0 Å². The van der Waals surface area contributed by atoms with Crippen LogP contribution in [0.2, 0.25) is 0 Å². The van der Waals surface area contributed by atoms with Crippen LogP contribution < -0.4 is 4.74 Å². The third kappa shape index (κ3) is 3.51. The number of methoxy groups -OCH3 is 1. The molecule has 0 spiro atoms. The first-order valence-corrected chi connectivity index (χ1v) is 4.69. The Hall–Kier alpha value is -2.53. The molecule has 7 nitrogen and oxygen atoms in total. The molecule has 0 atom stereocenters. The number of rotatable bonds is 5. The quantitative estimate of drug-likeness (QED) is 0.257. The standard InChI is InChI=1S/C10H10N4O3/c1-17-10-5-4-8(3-2-6-12-13-11)7-9(10)14(15)16/h2-5,7H,6H2,1H3. The molecular weight excluding hydrogens is 224 g/mol. The Balaban J connectivity index is 2.96. The molecule has 0 aliphatic heterocycles. The Labute approximate surface area is 97.1 Å². The number of nitro benzene ring substituents is 1. The van der Waals surface area contributed by atoms with Gasteiger partial charge in [0.1, 0.15) is 0 Å². The fraction of sp³-hybridized carbons (Fsp3) is 0.200. The molecule has 0 N–H and O–H groups in total. The molecule has 0 radical (unpaired) electrons. The number of ether oxygens (including phenoxy) is 1. The fourth-order valence-electron chi connectivity index (χ4n) is 1.23. The highest BCUT2D eigenvalue weighted by molar-refractivity contribution is 5.58. The van der Waals surface area contributed by atoms with Crippen molar-refractivity contribution in [2.45, 2.75) is 0 Å². The van der Waals surface area contributed by atoms with Crippen LogP contribution in [0, 0.1) is 10.1 Å². The predicted molar refractivity (Wildman–Crippen MR) is 62.7 cm³/mol. The molecule has 0 heterocycles. The van der Waals surface area contributed by atoms with Crippen molar-refractivity contribution in [3.8, 4) is 5.75 Å². The number of nitro groups is 1. The van der Waals surface area contributed by atoms with Gasteiger partial charge in [-0.25, -0.2) is 0 Å². The molecule has 17 heavy (non-hydrogen) atoms. The maximum atomic E-state index is 10.7. The van der Waals surface area contributed by atoms with Crippen LogP contribution in [0.3, 0.4) is 0 Å². The fourth-order valence-corrected chi connectivity index (χ4v) is 1.23. The molecule has 0 bridgehead atoms.